The molecule has 0 aliphatic rings. The number of aromatic nitrogens is 7. The number of rotatable bonds is 5. The minimum absolute atomic E-state index is 0.207. The molecule has 0 bridgehead atoms. The highest BCUT2D eigenvalue weighted by atomic mass is 16.5. The number of hydrogen-bond acceptors (Lipinski definition) is 8. The van der Waals surface area contributed by atoms with Crippen molar-refractivity contribution in [1.82, 2.24) is 34.6 Å². The van der Waals surface area contributed by atoms with E-state index in [1.807, 2.05) is 19.9 Å². The minimum atomic E-state index is -0.533. The lowest BCUT2D eigenvalue weighted by Crippen LogP contribution is -2.22. The lowest BCUT2D eigenvalue weighted by atomic mass is 10.1. The van der Waals surface area contributed by atoms with Gasteiger partial charge in [-0.15, -0.1) is 4.80 Å². The molecule has 1 unspecified atom stereocenters. The third kappa shape index (κ3) is 3.89. The summed E-state index contributed by atoms with van der Waals surface area (Å²) in [6.07, 6.45) is 7.35. The molecule has 4 rings (SSSR count). The van der Waals surface area contributed by atoms with E-state index < -0.39 is 6.03 Å². The van der Waals surface area contributed by atoms with Gasteiger partial charge in [-0.3, -0.25) is 0 Å². The standard InChI is InChI=1S/C19H18N10O2/c1-11-10-28-18(25-11)16(12(2)31-3)15(9-24-28)27-19(30)26-14-6-13(7-20)17(21-8-14)29-22-4-5-23-29/h4-6,8-10,12H,1-3H3,(H2,26,27,30). The number of hydrogen-bond donors (Lipinski definition) is 2. The molecule has 12 heteroatoms. The van der Waals surface area contributed by atoms with Gasteiger partial charge in [-0.25, -0.2) is 19.3 Å². The van der Waals surface area contributed by atoms with Gasteiger partial charge in [0.15, 0.2) is 11.5 Å². The van der Waals surface area contributed by atoms with E-state index in [1.165, 1.54) is 35.7 Å². The van der Waals surface area contributed by atoms with E-state index >= 15 is 0 Å². The van der Waals surface area contributed by atoms with Gasteiger partial charge in [0.2, 0.25) is 0 Å². The average molecular weight is 418 g/mol. The molecule has 1 atom stereocenters. The van der Waals surface area contributed by atoms with Crippen LogP contribution in [-0.4, -0.2) is 47.7 Å². The van der Waals surface area contributed by atoms with Crippen molar-refractivity contribution in [3.05, 3.63) is 53.9 Å². The lowest BCUT2D eigenvalue weighted by molar-refractivity contribution is 0.120. The summed E-state index contributed by atoms with van der Waals surface area (Å²) < 4.78 is 7.09. The molecule has 0 aliphatic carbocycles. The van der Waals surface area contributed by atoms with Gasteiger partial charge in [0.05, 0.1) is 59.7 Å². The van der Waals surface area contributed by atoms with Crippen LogP contribution in [0, 0.1) is 18.3 Å². The maximum absolute atomic E-state index is 12.6. The van der Waals surface area contributed by atoms with Crippen LogP contribution < -0.4 is 10.6 Å². The molecular weight excluding hydrogens is 400 g/mol. The summed E-state index contributed by atoms with van der Waals surface area (Å²) in [6, 6.07) is 2.99. The maximum atomic E-state index is 12.6. The first kappa shape index (κ1) is 19.9. The monoisotopic (exact) mass is 418 g/mol. The zero-order valence-electron chi connectivity index (χ0n) is 16.9. The van der Waals surface area contributed by atoms with Crippen LogP contribution in [0.5, 0.6) is 0 Å². The molecule has 0 saturated carbocycles. The summed E-state index contributed by atoms with van der Waals surface area (Å²) in [5, 5.41) is 27.1. The Morgan fingerprint density at radius 1 is 1.23 bits per heavy atom. The van der Waals surface area contributed by atoms with E-state index in [2.05, 4.69) is 35.9 Å². The molecule has 4 aromatic heterocycles. The second kappa shape index (κ2) is 8.17. The van der Waals surface area contributed by atoms with Gasteiger partial charge in [0.25, 0.3) is 0 Å². The number of fused-ring (bicyclic) bond motifs is 1. The number of nitrogens with one attached hydrogen (secondary N) is 2. The highest BCUT2D eigenvalue weighted by molar-refractivity contribution is 6.00. The first-order valence-corrected chi connectivity index (χ1v) is 9.22. The second-order valence-corrected chi connectivity index (χ2v) is 6.60. The molecule has 2 amide bonds. The number of anilines is 2. The molecule has 0 saturated heterocycles. The Hall–Kier alpha value is -4.37. The highest BCUT2D eigenvalue weighted by Gasteiger charge is 2.19. The van der Waals surface area contributed by atoms with Crippen LogP contribution in [0.3, 0.4) is 0 Å². The summed E-state index contributed by atoms with van der Waals surface area (Å²) in [7, 11) is 1.58. The van der Waals surface area contributed by atoms with Gasteiger partial charge in [0.1, 0.15) is 11.6 Å². The van der Waals surface area contributed by atoms with Crippen LogP contribution in [-0.2, 0) is 4.74 Å². The van der Waals surface area contributed by atoms with E-state index in [-0.39, 0.29) is 17.5 Å². The molecule has 12 nitrogen and oxygen atoms in total. The van der Waals surface area contributed by atoms with Gasteiger partial charge in [-0.1, -0.05) is 0 Å². The van der Waals surface area contributed by atoms with Crippen LogP contribution in [0.4, 0.5) is 16.2 Å². The predicted molar refractivity (Wildman–Crippen MR) is 110 cm³/mol. The summed E-state index contributed by atoms with van der Waals surface area (Å²) in [5.74, 6) is 0.263. The molecule has 4 aromatic rings. The zero-order chi connectivity index (χ0) is 22.0. The lowest BCUT2D eigenvalue weighted by Gasteiger charge is -2.16. The van der Waals surface area contributed by atoms with Crippen molar-refractivity contribution in [3.63, 3.8) is 0 Å². The second-order valence-electron chi connectivity index (χ2n) is 6.60. The number of nitriles is 1. The number of aryl methyl sites for hydroxylation is 1. The number of imidazole rings is 1. The van der Waals surface area contributed by atoms with Crippen LogP contribution in [0.2, 0.25) is 0 Å². The largest absolute Gasteiger partial charge is 0.377 e. The van der Waals surface area contributed by atoms with Gasteiger partial charge >= 0.3 is 6.03 Å². The fourth-order valence-electron chi connectivity index (χ4n) is 3.06. The minimum Gasteiger partial charge on any atom is -0.377 e. The van der Waals surface area contributed by atoms with Gasteiger partial charge < -0.3 is 15.4 Å². The van der Waals surface area contributed by atoms with Crippen LogP contribution >= 0.6 is 0 Å². The number of methoxy groups -OCH3 is 1. The van der Waals surface area contributed by atoms with Crippen LogP contribution in [0.15, 0.2) is 37.1 Å². The van der Waals surface area contributed by atoms with Crippen molar-refractivity contribution in [2.45, 2.75) is 20.0 Å². The Bertz CT molecular complexity index is 1290. The summed E-state index contributed by atoms with van der Waals surface area (Å²) >= 11 is 0. The number of carbonyl (C=O) groups excluding carboxylic acids is 1. The van der Waals surface area contributed by atoms with E-state index in [9.17, 15) is 10.1 Å². The molecule has 0 radical (unpaired) electrons. The smallest absolute Gasteiger partial charge is 0.323 e. The van der Waals surface area contributed by atoms with E-state index in [4.69, 9.17) is 4.74 Å². The van der Waals surface area contributed by atoms with E-state index in [1.54, 1.807) is 17.8 Å². The van der Waals surface area contributed by atoms with Crippen LogP contribution in [0.1, 0.15) is 29.8 Å². The number of pyridine rings is 1. The predicted octanol–water partition coefficient (Wildman–Crippen LogP) is 2.24. The topological polar surface area (TPSA) is 148 Å². The van der Waals surface area contributed by atoms with Gasteiger partial charge in [-0.2, -0.15) is 20.6 Å². The summed E-state index contributed by atoms with van der Waals surface area (Å²) in [5.41, 5.74) is 3.07. The SMILES string of the molecule is COC(C)c1c(NC(=O)Nc2cnc(-n3nccn3)c(C#N)c2)cnn2cc(C)nc12. The number of urea groups is 1. The van der Waals surface area contributed by atoms with Crippen molar-refractivity contribution in [3.8, 4) is 11.9 Å². The maximum Gasteiger partial charge on any atom is 0.323 e. The number of amides is 2. The van der Waals surface area contributed by atoms with Gasteiger partial charge in [-0.05, 0) is 19.9 Å². The zero-order valence-corrected chi connectivity index (χ0v) is 16.9. The Morgan fingerprint density at radius 3 is 2.71 bits per heavy atom. The Balaban J connectivity index is 1.59. The first-order valence-electron chi connectivity index (χ1n) is 9.22. The third-order valence-electron chi connectivity index (χ3n) is 4.51. The van der Waals surface area contributed by atoms with Crippen molar-refractivity contribution in [1.29, 1.82) is 5.26 Å². The third-order valence-corrected chi connectivity index (χ3v) is 4.51. The molecule has 2 N–H and O–H groups in total. The van der Waals surface area contributed by atoms with E-state index in [0.29, 0.717) is 22.6 Å². The molecule has 0 aliphatic heterocycles. The molecule has 31 heavy (non-hydrogen) atoms. The Morgan fingerprint density at radius 2 is 2.00 bits per heavy atom. The molecule has 156 valence electrons. The average Bonchev–Trinajstić information content (AvgIpc) is 3.42. The van der Waals surface area contributed by atoms with Crippen molar-refractivity contribution in [2.75, 3.05) is 17.7 Å². The molecule has 0 aromatic carbocycles. The molecule has 0 fully saturated rings. The molecule has 0 spiro atoms. The number of ether oxygens (including phenoxy) is 1. The molecular formula is C19H18N10O2. The highest BCUT2D eigenvalue weighted by Crippen LogP contribution is 2.28. The number of carbonyl (C=O) groups is 1. The van der Waals surface area contributed by atoms with E-state index in [0.717, 1.165) is 5.69 Å². The number of nitrogens with zero attached hydrogens (tertiary/aromatic N) is 8. The summed E-state index contributed by atoms with van der Waals surface area (Å²) in [4.78, 5) is 22.5. The van der Waals surface area contributed by atoms with Crippen molar-refractivity contribution < 1.29 is 9.53 Å². The van der Waals surface area contributed by atoms with Crippen LogP contribution in [0.25, 0.3) is 11.5 Å². The fraction of sp³-hybridized carbons (Fsp3) is 0.211. The summed E-state index contributed by atoms with van der Waals surface area (Å²) in [6.45, 7) is 3.71. The quantitative estimate of drug-likeness (QED) is 0.501. The van der Waals surface area contributed by atoms with Crippen molar-refractivity contribution >= 4 is 23.1 Å². The fourth-order valence-corrected chi connectivity index (χ4v) is 3.06. The molecule has 4 heterocycles. The first-order chi connectivity index (χ1) is 15.0. The Kier molecular flexibility index (Phi) is 5.25. The van der Waals surface area contributed by atoms with Gasteiger partial charge in [0, 0.05) is 7.11 Å². The normalized spacial score (nSPS) is 11.8. The Labute approximate surface area is 176 Å². The van der Waals surface area contributed by atoms with Crippen molar-refractivity contribution in [2.24, 2.45) is 0 Å².